The summed E-state index contributed by atoms with van der Waals surface area (Å²) in [6.07, 6.45) is -0.468. The summed E-state index contributed by atoms with van der Waals surface area (Å²) in [5.41, 5.74) is 1.43. The van der Waals surface area contributed by atoms with Crippen LogP contribution < -0.4 is 4.74 Å². The lowest BCUT2D eigenvalue weighted by atomic mass is 10.0. The summed E-state index contributed by atoms with van der Waals surface area (Å²) in [5.74, 6) is -1.94. The monoisotopic (exact) mass is 348 g/mol. The summed E-state index contributed by atoms with van der Waals surface area (Å²) in [5, 5.41) is 10.0. The van der Waals surface area contributed by atoms with E-state index in [0.29, 0.717) is 22.7 Å². The number of aryl methyl sites for hydroxylation is 1. The number of pyridine rings is 1. The fourth-order valence-electron chi connectivity index (χ4n) is 3.11. The van der Waals surface area contributed by atoms with Crippen molar-refractivity contribution in [2.24, 2.45) is 0 Å². The number of amides is 1. The number of hydrogen-bond acceptors (Lipinski definition) is 4. The van der Waals surface area contributed by atoms with Gasteiger partial charge in [-0.05, 0) is 37.1 Å². The molecule has 1 amide bonds. The number of benzene rings is 1. The average Bonchev–Trinajstić information content (AvgIpc) is 2.97. The molecule has 3 rings (SSSR count). The predicted molar refractivity (Wildman–Crippen MR) is 86.3 cm³/mol. The molecule has 1 aromatic heterocycles. The van der Waals surface area contributed by atoms with Crippen LogP contribution in [-0.2, 0) is 0 Å². The lowest BCUT2D eigenvalue weighted by Crippen LogP contribution is -2.32. The van der Waals surface area contributed by atoms with Crippen LogP contribution >= 0.6 is 0 Å². The maximum absolute atomic E-state index is 13.6. The molecule has 25 heavy (non-hydrogen) atoms. The zero-order valence-corrected chi connectivity index (χ0v) is 13.9. The second kappa shape index (κ2) is 6.76. The van der Waals surface area contributed by atoms with Crippen LogP contribution in [0.2, 0.25) is 0 Å². The molecule has 1 aliphatic rings. The molecule has 1 saturated heterocycles. The van der Waals surface area contributed by atoms with Crippen molar-refractivity contribution < 1.29 is 23.4 Å². The van der Waals surface area contributed by atoms with Crippen LogP contribution in [0.15, 0.2) is 30.3 Å². The Kier molecular flexibility index (Phi) is 4.67. The molecule has 0 aliphatic carbocycles. The Bertz CT molecular complexity index is 813. The van der Waals surface area contributed by atoms with E-state index < -0.39 is 23.8 Å². The summed E-state index contributed by atoms with van der Waals surface area (Å²) in [7, 11) is 1.46. The molecule has 1 fully saturated rings. The number of aliphatic hydroxyl groups is 1. The Balaban J connectivity index is 1.94. The molecule has 5 nitrogen and oxygen atoms in total. The van der Waals surface area contributed by atoms with Gasteiger partial charge >= 0.3 is 0 Å². The molecule has 2 heterocycles. The van der Waals surface area contributed by atoms with Gasteiger partial charge in [0.2, 0.25) is 5.88 Å². The number of nitrogens with zero attached hydrogens (tertiary/aromatic N) is 2. The molecule has 7 heteroatoms. The fraction of sp³-hybridized carbons (Fsp3) is 0.333. The SMILES string of the molecule is COc1cc(C(=O)N2C[C@H](O)C[C@H]2c2ccc(F)c(F)c2)cc(C)n1. The topological polar surface area (TPSA) is 62.7 Å². The number of methoxy groups -OCH3 is 1. The number of rotatable bonds is 3. The lowest BCUT2D eigenvalue weighted by Gasteiger charge is -2.25. The van der Waals surface area contributed by atoms with E-state index in [9.17, 15) is 18.7 Å². The number of β-amino-alcohol motifs (C(OH)–C–C–N with tert-alkyl or cyclic N) is 1. The van der Waals surface area contributed by atoms with E-state index in [-0.39, 0.29) is 18.9 Å². The first-order valence-electron chi connectivity index (χ1n) is 7.85. The molecule has 0 bridgehead atoms. The van der Waals surface area contributed by atoms with E-state index in [4.69, 9.17) is 4.74 Å². The van der Waals surface area contributed by atoms with Crippen molar-refractivity contribution in [3.8, 4) is 5.88 Å². The van der Waals surface area contributed by atoms with Gasteiger partial charge in [-0.25, -0.2) is 13.8 Å². The molecule has 0 unspecified atom stereocenters. The van der Waals surface area contributed by atoms with E-state index >= 15 is 0 Å². The van der Waals surface area contributed by atoms with Gasteiger partial charge in [-0.3, -0.25) is 4.79 Å². The molecule has 2 atom stereocenters. The standard InChI is InChI=1S/C18H18F2N2O3/c1-10-5-12(7-17(21-10)25-2)18(24)22-9-13(23)8-16(22)11-3-4-14(19)15(20)6-11/h3-7,13,16,23H,8-9H2,1-2H3/t13-,16+/m1/s1. The highest BCUT2D eigenvalue weighted by molar-refractivity contribution is 5.95. The van der Waals surface area contributed by atoms with Gasteiger partial charge in [0.05, 0.1) is 19.3 Å². The quantitative estimate of drug-likeness (QED) is 0.926. The van der Waals surface area contributed by atoms with Gasteiger partial charge in [0.25, 0.3) is 5.91 Å². The highest BCUT2D eigenvalue weighted by atomic mass is 19.2. The van der Waals surface area contributed by atoms with Gasteiger partial charge in [0.15, 0.2) is 11.6 Å². The minimum atomic E-state index is -0.979. The molecule has 0 spiro atoms. The summed E-state index contributed by atoms with van der Waals surface area (Å²) >= 11 is 0. The maximum atomic E-state index is 13.6. The van der Waals surface area contributed by atoms with Crippen LogP contribution in [0.3, 0.4) is 0 Å². The zero-order valence-electron chi connectivity index (χ0n) is 13.9. The Morgan fingerprint density at radius 2 is 2.04 bits per heavy atom. The van der Waals surface area contributed by atoms with Crippen molar-refractivity contribution in [1.82, 2.24) is 9.88 Å². The van der Waals surface area contributed by atoms with E-state index in [1.165, 1.54) is 24.1 Å². The first-order valence-corrected chi connectivity index (χ1v) is 7.85. The van der Waals surface area contributed by atoms with Crippen molar-refractivity contribution in [2.75, 3.05) is 13.7 Å². The van der Waals surface area contributed by atoms with Crippen LogP contribution in [0, 0.1) is 18.6 Å². The third-order valence-corrected chi connectivity index (χ3v) is 4.25. The predicted octanol–water partition coefficient (Wildman–Crippen LogP) is 2.62. The molecule has 1 N–H and O–H groups in total. The largest absolute Gasteiger partial charge is 0.481 e. The summed E-state index contributed by atoms with van der Waals surface area (Å²) in [6.45, 7) is 1.86. The Morgan fingerprint density at radius 1 is 1.28 bits per heavy atom. The maximum Gasteiger partial charge on any atom is 0.254 e. The number of likely N-dealkylation sites (tertiary alicyclic amines) is 1. The second-order valence-corrected chi connectivity index (χ2v) is 6.08. The molecule has 1 aromatic carbocycles. The van der Waals surface area contributed by atoms with Crippen molar-refractivity contribution >= 4 is 5.91 Å². The number of aliphatic hydroxyl groups excluding tert-OH is 1. The van der Waals surface area contributed by atoms with Gasteiger partial charge in [-0.2, -0.15) is 0 Å². The first-order chi connectivity index (χ1) is 11.9. The van der Waals surface area contributed by atoms with E-state index in [2.05, 4.69) is 4.98 Å². The normalized spacial score (nSPS) is 20.0. The number of hydrogen-bond donors (Lipinski definition) is 1. The van der Waals surface area contributed by atoms with Gasteiger partial charge in [0.1, 0.15) is 0 Å². The number of carbonyl (C=O) groups excluding carboxylic acids is 1. The third kappa shape index (κ3) is 3.46. The van der Waals surface area contributed by atoms with Gasteiger partial charge in [0, 0.05) is 23.9 Å². The van der Waals surface area contributed by atoms with Crippen molar-refractivity contribution in [1.29, 1.82) is 0 Å². The van der Waals surface area contributed by atoms with Crippen LogP contribution in [0.1, 0.15) is 34.1 Å². The third-order valence-electron chi connectivity index (χ3n) is 4.25. The number of ether oxygens (including phenoxy) is 1. The fourth-order valence-corrected chi connectivity index (χ4v) is 3.11. The Labute approximate surface area is 143 Å². The number of carbonyl (C=O) groups is 1. The van der Waals surface area contributed by atoms with Crippen LogP contribution in [0.4, 0.5) is 8.78 Å². The highest BCUT2D eigenvalue weighted by Crippen LogP contribution is 2.34. The minimum absolute atomic E-state index is 0.117. The zero-order chi connectivity index (χ0) is 18.1. The molecular formula is C18H18F2N2O3. The van der Waals surface area contributed by atoms with Gasteiger partial charge < -0.3 is 14.7 Å². The molecule has 1 aliphatic heterocycles. The molecule has 2 aromatic rings. The second-order valence-electron chi connectivity index (χ2n) is 6.08. The Morgan fingerprint density at radius 3 is 2.72 bits per heavy atom. The first kappa shape index (κ1) is 17.3. The minimum Gasteiger partial charge on any atom is -0.481 e. The molecular weight excluding hydrogens is 330 g/mol. The Hall–Kier alpha value is -2.54. The van der Waals surface area contributed by atoms with Crippen LogP contribution in [0.25, 0.3) is 0 Å². The molecule has 0 saturated carbocycles. The van der Waals surface area contributed by atoms with E-state index in [1.54, 1.807) is 13.0 Å². The highest BCUT2D eigenvalue weighted by Gasteiger charge is 2.36. The summed E-state index contributed by atoms with van der Waals surface area (Å²) in [4.78, 5) is 18.5. The average molecular weight is 348 g/mol. The van der Waals surface area contributed by atoms with Gasteiger partial charge in [-0.1, -0.05) is 6.07 Å². The number of aromatic nitrogens is 1. The van der Waals surface area contributed by atoms with E-state index in [0.717, 1.165) is 12.1 Å². The lowest BCUT2D eigenvalue weighted by molar-refractivity contribution is 0.0715. The van der Waals surface area contributed by atoms with Crippen molar-refractivity contribution in [3.05, 3.63) is 58.8 Å². The van der Waals surface area contributed by atoms with E-state index in [1.807, 2.05) is 0 Å². The summed E-state index contributed by atoms with van der Waals surface area (Å²) < 4.78 is 31.8. The molecule has 132 valence electrons. The van der Waals surface area contributed by atoms with Crippen LogP contribution in [0.5, 0.6) is 5.88 Å². The van der Waals surface area contributed by atoms with Crippen molar-refractivity contribution in [3.63, 3.8) is 0 Å². The number of halogens is 2. The summed E-state index contributed by atoms with van der Waals surface area (Å²) in [6, 6.07) is 6.13. The van der Waals surface area contributed by atoms with Crippen LogP contribution in [-0.4, -0.2) is 40.7 Å². The van der Waals surface area contributed by atoms with Gasteiger partial charge in [-0.15, -0.1) is 0 Å². The molecule has 0 radical (unpaired) electrons. The smallest absolute Gasteiger partial charge is 0.254 e. The van der Waals surface area contributed by atoms with Crippen molar-refractivity contribution in [2.45, 2.75) is 25.5 Å².